The number of hydrogen-bond acceptors (Lipinski definition) is 6. The standard InChI is InChI=1S/C18H26N4O3S.HI/c1-6-19-18(21-9-16-22-15(10-26-16)11(2)3)20-8-13-7-14(12(4)25-13)17(23)24-5;/h7,10-11H,6,8-9H2,1-5H3,(H2,19,20,21);1H. The first kappa shape index (κ1) is 23.4. The van der Waals surface area contributed by atoms with Crippen molar-refractivity contribution in [2.24, 2.45) is 4.99 Å². The van der Waals surface area contributed by atoms with Gasteiger partial charge in [0.15, 0.2) is 5.96 Å². The molecule has 0 radical (unpaired) electrons. The molecule has 7 nitrogen and oxygen atoms in total. The summed E-state index contributed by atoms with van der Waals surface area (Å²) in [4.78, 5) is 20.8. The van der Waals surface area contributed by atoms with Crippen molar-refractivity contribution < 1.29 is 13.9 Å². The van der Waals surface area contributed by atoms with Crippen LogP contribution < -0.4 is 10.6 Å². The predicted molar refractivity (Wildman–Crippen MR) is 118 cm³/mol. The average Bonchev–Trinajstić information content (AvgIpc) is 3.23. The lowest BCUT2D eigenvalue weighted by atomic mass is 10.2. The molecule has 150 valence electrons. The number of aliphatic imine (C=N–C) groups is 1. The fourth-order valence-electron chi connectivity index (χ4n) is 2.26. The number of carbonyl (C=O) groups excluding carboxylic acids is 1. The third-order valence-electron chi connectivity index (χ3n) is 3.68. The summed E-state index contributed by atoms with van der Waals surface area (Å²) in [6, 6.07) is 1.67. The maximum Gasteiger partial charge on any atom is 0.341 e. The molecular formula is C18H27IN4O3S. The summed E-state index contributed by atoms with van der Waals surface area (Å²) in [5.74, 6) is 1.83. The van der Waals surface area contributed by atoms with Crippen molar-refractivity contribution >= 4 is 47.2 Å². The first-order valence-electron chi connectivity index (χ1n) is 8.58. The van der Waals surface area contributed by atoms with Crippen molar-refractivity contribution in [3.05, 3.63) is 39.2 Å². The number of nitrogens with one attached hydrogen (secondary N) is 2. The van der Waals surface area contributed by atoms with E-state index in [9.17, 15) is 4.79 Å². The molecule has 2 rings (SSSR count). The average molecular weight is 506 g/mol. The Bertz CT molecular complexity index is 770. The number of esters is 1. The number of nitrogens with zero attached hydrogens (tertiary/aromatic N) is 2. The van der Waals surface area contributed by atoms with Crippen molar-refractivity contribution in [3.8, 4) is 0 Å². The molecule has 9 heteroatoms. The molecule has 0 aromatic carbocycles. The van der Waals surface area contributed by atoms with Crippen molar-refractivity contribution in [3.63, 3.8) is 0 Å². The highest BCUT2D eigenvalue weighted by atomic mass is 127. The van der Waals surface area contributed by atoms with Crippen LogP contribution in [0.25, 0.3) is 0 Å². The first-order chi connectivity index (χ1) is 12.4. The van der Waals surface area contributed by atoms with Gasteiger partial charge >= 0.3 is 5.97 Å². The van der Waals surface area contributed by atoms with E-state index in [-0.39, 0.29) is 24.0 Å². The lowest BCUT2D eigenvalue weighted by Crippen LogP contribution is -2.36. The number of rotatable bonds is 7. The van der Waals surface area contributed by atoms with Gasteiger partial charge in [0.2, 0.25) is 0 Å². The van der Waals surface area contributed by atoms with Gasteiger partial charge in [0, 0.05) is 11.9 Å². The van der Waals surface area contributed by atoms with E-state index in [0.29, 0.717) is 42.1 Å². The number of methoxy groups -OCH3 is 1. The van der Waals surface area contributed by atoms with E-state index < -0.39 is 5.97 Å². The van der Waals surface area contributed by atoms with E-state index in [4.69, 9.17) is 9.15 Å². The summed E-state index contributed by atoms with van der Waals surface area (Å²) in [6.45, 7) is 9.67. The minimum absolute atomic E-state index is 0. The summed E-state index contributed by atoms with van der Waals surface area (Å²) in [5, 5.41) is 9.56. The van der Waals surface area contributed by atoms with Crippen molar-refractivity contribution in [1.82, 2.24) is 15.6 Å². The van der Waals surface area contributed by atoms with Crippen LogP contribution in [0.2, 0.25) is 0 Å². The number of aromatic nitrogens is 1. The Balaban J connectivity index is 0.00000364. The smallest absolute Gasteiger partial charge is 0.341 e. The van der Waals surface area contributed by atoms with Gasteiger partial charge in [-0.3, -0.25) is 0 Å². The van der Waals surface area contributed by atoms with Crippen molar-refractivity contribution in [2.45, 2.75) is 46.7 Å². The fourth-order valence-corrected chi connectivity index (χ4v) is 3.16. The quantitative estimate of drug-likeness (QED) is 0.257. The van der Waals surface area contributed by atoms with E-state index >= 15 is 0 Å². The molecule has 0 aliphatic carbocycles. The zero-order valence-corrected chi connectivity index (χ0v) is 19.4. The lowest BCUT2D eigenvalue weighted by Gasteiger charge is -2.09. The van der Waals surface area contributed by atoms with Crippen LogP contribution in [0.15, 0.2) is 20.9 Å². The molecule has 27 heavy (non-hydrogen) atoms. The predicted octanol–water partition coefficient (Wildman–Crippen LogP) is 3.83. The van der Waals surface area contributed by atoms with Crippen LogP contribution in [0.1, 0.15) is 59.3 Å². The summed E-state index contributed by atoms with van der Waals surface area (Å²) >= 11 is 1.64. The van der Waals surface area contributed by atoms with E-state index in [1.165, 1.54) is 7.11 Å². The van der Waals surface area contributed by atoms with Crippen LogP contribution in [-0.4, -0.2) is 30.6 Å². The second kappa shape index (κ2) is 11.3. The molecular weight excluding hydrogens is 479 g/mol. The van der Waals surface area contributed by atoms with Gasteiger partial charge in [0.25, 0.3) is 0 Å². The molecule has 0 amide bonds. The summed E-state index contributed by atoms with van der Waals surface area (Å²) in [6.07, 6.45) is 0. The number of thiazole rings is 1. The third-order valence-corrected chi connectivity index (χ3v) is 4.55. The van der Waals surface area contributed by atoms with Gasteiger partial charge in [-0.25, -0.2) is 14.8 Å². The summed E-state index contributed by atoms with van der Waals surface area (Å²) in [7, 11) is 1.35. The number of guanidine groups is 1. The fraction of sp³-hybridized carbons (Fsp3) is 0.500. The summed E-state index contributed by atoms with van der Waals surface area (Å²) in [5.41, 5.74) is 1.54. The van der Waals surface area contributed by atoms with Gasteiger partial charge < -0.3 is 19.8 Å². The molecule has 0 bridgehead atoms. The second-order valence-corrected chi connectivity index (χ2v) is 6.99. The van der Waals surface area contributed by atoms with Crippen LogP contribution in [0.3, 0.4) is 0 Å². The highest BCUT2D eigenvalue weighted by Crippen LogP contribution is 2.18. The Labute approximate surface area is 181 Å². The Hall–Kier alpha value is -1.62. The maximum atomic E-state index is 11.6. The molecule has 0 fully saturated rings. The molecule has 0 saturated heterocycles. The zero-order valence-electron chi connectivity index (χ0n) is 16.3. The molecule has 2 aromatic heterocycles. The monoisotopic (exact) mass is 506 g/mol. The molecule has 0 unspecified atom stereocenters. The number of carbonyl (C=O) groups is 1. The van der Waals surface area contributed by atoms with E-state index in [2.05, 4.69) is 39.8 Å². The molecule has 0 aliphatic heterocycles. The van der Waals surface area contributed by atoms with Gasteiger partial charge in [-0.05, 0) is 25.8 Å². The van der Waals surface area contributed by atoms with E-state index in [1.54, 1.807) is 24.3 Å². The van der Waals surface area contributed by atoms with Gasteiger partial charge in [0.1, 0.15) is 28.6 Å². The molecule has 0 saturated carbocycles. The highest BCUT2D eigenvalue weighted by Gasteiger charge is 2.15. The Kier molecular flexibility index (Phi) is 9.78. The molecule has 2 aromatic rings. The minimum atomic E-state index is -0.406. The van der Waals surface area contributed by atoms with Gasteiger partial charge in [-0.1, -0.05) is 13.8 Å². The number of halogens is 1. The lowest BCUT2D eigenvalue weighted by molar-refractivity contribution is 0.0599. The van der Waals surface area contributed by atoms with Crippen LogP contribution in [0, 0.1) is 6.92 Å². The Morgan fingerprint density at radius 1 is 1.41 bits per heavy atom. The van der Waals surface area contributed by atoms with E-state index in [0.717, 1.165) is 17.2 Å². The molecule has 0 atom stereocenters. The minimum Gasteiger partial charge on any atom is -0.465 e. The molecule has 0 aliphatic rings. The van der Waals surface area contributed by atoms with Gasteiger partial charge in [0.05, 0.1) is 19.3 Å². The second-order valence-electron chi connectivity index (χ2n) is 6.04. The van der Waals surface area contributed by atoms with Crippen LogP contribution in [0.5, 0.6) is 0 Å². The normalized spacial score (nSPS) is 11.3. The maximum absolute atomic E-state index is 11.6. The van der Waals surface area contributed by atoms with Crippen LogP contribution in [-0.2, 0) is 17.8 Å². The topological polar surface area (TPSA) is 88.8 Å². The number of aryl methyl sites for hydroxylation is 1. The van der Waals surface area contributed by atoms with Gasteiger partial charge in [-0.2, -0.15) is 0 Å². The van der Waals surface area contributed by atoms with Crippen molar-refractivity contribution in [2.75, 3.05) is 13.7 Å². The largest absolute Gasteiger partial charge is 0.465 e. The van der Waals surface area contributed by atoms with E-state index in [1.807, 2.05) is 6.92 Å². The van der Waals surface area contributed by atoms with Crippen LogP contribution in [0.4, 0.5) is 0 Å². The number of furan rings is 1. The zero-order chi connectivity index (χ0) is 19.1. The van der Waals surface area contributed by atoms with Crippen LogP contribution >= 0.6 is 35.3 Å². The SMILES string of the molecule is CCNC(=NCc1cc(C(=O)OC)c(C)o1)NCc1nc(C(C)C)cs1.I. The van der Waals surface area contributed by atoms with Gasteiger partial charge in [-0.15, -0.1) is 35.3 Å². The molecule has 2 heterocycles. The Morgan fingerprint density at radius 3 is 2.74 bits per heavy atom. The Morgan fingerprint density at radius 2 is 2.15 bits per heavy atom. The first-order valence-corrected chi connectivity index (χ1v) is 9.46. The van der Waals surface area contributed by atoms with Crippen molar-refractivity contribution in [1.29, 1.82) is 0 Å². The number of hydrogen-bond donors (Lipinski definition) is 2. The number of ether oxygens (including phenoxy) is 1. The molecule has 2 N–H and O–H groups in total. The highest BCUT2D eigenvalue weighted by molar-refractivity contribution is 14.0. The third kappa shape index (κ3) is 6.80. The molecule has 0 spiro atoms. The summed E-state index contributed by atoms with van der Waals surface area (Å²) < 4.78 is 10.3.